The van der Waals surface area contributed by atoms with Crippen molar-refractivity contribution in [2.75, 3.05) is 12.1 Å². The number of fused-ring (bicyclic) bond motifs is 3. The Kier molecular flexibility index (Phi) is 8.03. The molecule has 0 spiro atoms. The van der Waals surface area contributed by atoms with Crippen LogP contribution in [-0.2, 0) is 16.0 Å². The van der Waals surface area contributed by atoms with E-state index in [4.69, 9.17) is 42.4 Å². The van der Waals surface area contributed by atoms with Gasteiger partial charge in [0, 0.05) is 10.4 Å². The number of pyridine rings is 1. The lowest BCUT2D eigenvalue weighted by atomic mass is 9.69. The molecule has 0 fully saturated rings. The Hall–Kier alpha value is -4.07. The van der Waals surface area contributed by atoms with Crippen LogP contribution in [-0.4, -0.2) is 29.8 Å². The summed E-state index contributed by atoms with van der Waals surface area (Å²) in [7, 11) is 0. The van der Waals surface area contributed by atoms with Crippen molar-refractivity contribution in [2.24, 2.45) is 11.3 Å². The Morgan fingerprint density at radius 2 is 1.80 bits per heavy atom. The summed E-state index contributed by atoms with van der Waals surface area (Å²) in [6.45, 7) is 8.37. The van der Waals surface area contributed by atoms with Gasteiger partial charge < -0.3 is 19.5 Å². The second-order valence-electron chi connectivity index (χ2n) is 12.2. The number of halogens is 2. The number of nitrogens with one attached hydrogen (secondary N) is 1. The van der Waals surface area contributed by atoms with Crippen LogP contribution < -0.4 is 14.8 Å². The Labute approximate surface area is 266 Å². The number of hydrogen-bond acceptors (Lipinski definition) is 6. The Morgan fingerprint density at radius 1 is 1.02 bits per heavy atom. The summed E-state index contributed by atoms with van der Waals surface area (Å²) < 4.78 is 16.9. The average molecular weight is 632 g/mol. The lowest BCUT2D eigenvalue weighted by Crippen LogP contribution is -2.32. The van der Waals surface area contributed by atoms with Gasteiger partial charge in [-0.05, 0) is 90.3 Å². The van der Waals surface area contributed by atoms with E-state index in [0.717, 1.165) is 34.6 Å². The van der Waals surface area contributed by atoms with Gasteiger partial charge >= 0.3 is 5.97 Å². The monoisotopic (exact) mass is 630 g/mol. The molecule has 0 saturated heterocycles. The third-order valence-corrected chi connectivity index (χ3v) is 8.77. The fourth-order valence-electron chi connectivity index (χ4n) is 5.67. The molecule has 1 amide bonds. The van der Waals surface area contributed by atoms with Gasteiger partial charge in [0.05, 0.1) is 27.5 Å². The average Bonchev–Trinajstić information content (AvgIpc) is 3.45. The van der Waals surface area contributed by atoms with Crippen molar-refractivity contribution < 1.29 is 23.8 Å². The maximum Gasteiger partial charge on any atom is 0.339 e. The molecule has 2 atom stereocenters. The van der Waals surface area contributed by atoms with Crippen LogP contribution in [0.3, 0.4) is 0 Å². The molecule has 6 rings (SSSR count). The van der Waals surface area contributed by atoms with Crippen molar-refractivity contribution in [3.8, 4) is 11.5 Å². The standard InChI is InChI=1S/C35H32Cl2N2O5/c1-19(33(40)39-28-11-10-23(36)17-26(28)37)44-34(41)31-24-7-5-6-8-27(24)38-32-21(15-22(16-25(31)32)35(2,3)4)13-20-9-12-29-30(14-20)43-18-42-29/h5-14,17,19,22H,15-16,18H2,1-4H3,(H,39,40)/b21-13-/t19-,22+/m1/s1. The number of anilines is 1. The fraction of sp³-hybridized carbons (Fsp3) is 0.286. The number of aromatic nitrogens is 1. The first kappa shape index (κ1) is 30.0. The second-order valence-corrected chi connectivity index (χ2v) is 13.1. The molecule has 0 saturated carbocycles. The molecule has 2 aliphatic rings. The van der Waals surface area contributed by atoms with Crippen LogP contribution in [0.4, 0.5) is 5.69 Å². The molecule has 0 radical (unpaired) electrons. The predicted molar refractivity (Wildman–Crippen MR) is 173 cm³/mol. The summed E-state index contributed by atoms with van der Waals surface area (Å²) >= 11 is 12.2. The first-order valence-electron chi connectivity index (χ1n) is 14.5. The SMILES string of the molecule is C[C@@H](OC(=O)c1c2c(nc3ccccc13)/C(=C\c1ccc3c(c1)OCO3)C[C@H](C(C)(C)C)C2)C(=O)Nc1ccc(Cl)cc1Cl. The first-order chi connectivity index (χ1) is 21.0. The molecule has 9 heteroatoms. The molecule has 0 bridgehead atoms. The maximum atomic E-state index is 14.0. The van der Waals surface area contributed by atoms with Gasteiger partial charge in [0.15, 0.2) is 17.6 Å². The normalized spacial score (nSPS) is 17.3. The van der Waals surface area contributed by atoms with Crippen molar-refractivity contribution in [1.82, 2.24) is 4.98 Å². The predicted octanol–water partition coefficient (Wildman–Crippen LogP) is 8.60. The van der Waals surface area contributed by atoms with E-state index in [0.29, 0.717) is 39.3 Å². The van der Waals surface area contributed by atoms with Gasteiger partial charge in [-0.25, -0.2) is 9.78 Å². The van der Waals surface area contributed by atoms with Crippen molar-refractivity contribution >= 4 is 63.3 Å². The highest BCUT2D eigenvalue weighted by atomic mass is 35.5. The number of benzene rings is 3. The fourth-order valence-corrected chi connectivity index (χ4v) is 6.13. The number of rotatable bonds is 5. The molecule has 1 N–H and O–H groups in total. The van der Waals surface area contributed by atoms with Gasteiger partial charge in [0.1, 0.15) is 0 Å². The number of allylic oxidation sites excluding steroid dienone is 1. The van der Waals surface area contributed by atoms with Crippen molar-refractivity contribution in [3.05, 3.63) is 93.1 Å². The highest BCUT2D eigenvalue weighted by molar-refractivity contribution is 6.36. The van der Waals surface area contributed by atoms with Crippen molar-refractivity contribution in [1.29, 1.82) is 0 Å². The van der Waals surface area contributed by atoms with E-state index in [2.05, 4.69) is 32.2 Å². The minimum Gasteiger partial charge on any atom is -0.454 e. The van der Waals surface area contributed by atoms with Crippen molar-refractivity contribution in [2.45, 2.75) is 46.6 Å². The molecule has 3 aromatic carbocycles. The zero-order chi connectivity index (χ0) is 31.2. The molecule has 226 valence electrons. The molecule has 44 heavy (non-hydrogen) atoms. The Morgan fingerprint density at radius 3 is 2.57 bits per heavy atom. The number of ether oxygens (including phenoxy) is 3. The summed E-state index contributed by atoms with van der Waals surface area (Å²) in [5.41, 5.74) is 4.99. The lowest BCUT2D eigenvalue weighted by molar-refractivity contribution is -0.123. The van der Waals surface area contributed by atoms with Gasteiger partial charge in [-0.1, -0.05) is 68.2 Å². The van der Waals surface area contributed by atoms with Gasteiger partial charge in [-0.3, -0.25) is 4.79 Å². The number of esters is 1. The Balaban J connectivity index is 1.40. The number of nitrogens with zero attached hydrogens (tertiary/aromatic N) is 1. The quantitative estimate of drug-likeness (QED) is 0.222. The maximum absolute atomic E-state index is 14.0. The zero-order valence-electron chi connectivity index (χ0n) is 24.9. The highest BCUT2D eigenvalue weighted by Gasteiger charge is 2.36. The largest absolute Gasteiger partial charge is 0.454 e. The van der Waals surface area contributed by atoms with Crippen LogP contribution in [0.15, 0.2) is 60.7 Å². The van der Waals surface area contributed by atoms with Crippen LogP contribution in [0, 0.1) is 11.3 Å². The molecular formula is C35H32Cl2N2O5. The Bertz CT molecular complexity index is 1830. The van der Waals surface area contributed by atoms with Gasteiger partial charge in [-0.15, -0.1) is 0 Å². The third kappa shape index (κ3) is 5.99. The van der Waals surface area contributed by atoms with Crippen LogP contribution in [0.25, 0.3) is 22.6 Å². The van der Waals surface area contributed by atoms with Crippen LogP contribution >= 0.6 is 23.2 Å². The lowest BCUT2D eigenvalue weighted by Gasteiger charge is -2.36. The third-order valence-electron chi connectivity index (χ3n) is 8.22. The molecule has 0 unspecified atom stereocenters. The minimum atomic E-state index is -1.09. The molecule has 1 aliphatic heterocycles. The molecular weight excluding hydrogens is 599 g/mol. The van der Waals surface area contributed by atoms with Crippen LogP contribution in [0.5, 0.6) is 11.5 Å². The summed E-state index contributed by atoms with van der Waals surface area (Å²) in [5.74, 6) is 0.546. The van der Waals surface area contributed by atoms with Gasteiger partial charge in [-0.2, -0.15) is 0 Å². The topological polar surface area (TPSA) is 86.8 Å². The number of carbonyl (C=O) groups excluding carboxylic acids is 2. The van der Waals surface area contributed by atoms with E-state index < -0.39 is 18.0 Å². The van der Waals surface area contributed by atoms with Crippen molar-refractivity contribution in [3.63, 3.8) is 0 Å². The highest BCUT2D eigenvalue weighted by Crippen LogP contribution is 2.45. The summed E-state index contributed by atoms with van der Waals surface area (Å²) in [4.78, 5) is 32.2. The van der Waals surface area contributed by atoms with E-state index in [-0.39, 0.29) is 23.1 Å². The minimum absolute atomic E-state index is 0.0521. The van der Waals surface area contributed by atoms with E-state index >= 15 is 0 Å². The van der Waals surface area contributed by atoms with Crippen LogP contribution in [0.1, 0.15) is 61.3 Å². The van der Waals surface area contributed by atoms with E-state index in [1.807, 2.05) is 42.5 Å². The summed E-state index contributed by atoms with van der Waals surface area (Å²) in [5, 5.41) is 4.14. The first-order valence-corrected chi connectivity index (χ1v) is 15.2. The smallest absolute Gasteiger partial charge is 0.339 e. The van der Waals surface area contributed by atoms with Crippen LogP contribution in [0.2, 0.25) is 10.0 Å². The number of amides is 1. The molecule has 1 aliphatic carbocycles. The van der Waals surface area contributed by atoms with Gasteiger partial charge in [0.2, 0.25) is 6.79 Å². The van der Waals surface area contributed by atoms with E-state index in [1.165, 1.54) is 13.0 Å². The zero-order valence-corrected chi connectivity index (χ0v) is 26.4. The number of para-hydroxylation sites is 1. The second kappa shape index (κ2) is 11.8. The summed E-state index contributed by atoms with van der Waals surface area (Å²) in [6.07, 6.45) is 2.44. The van der Waals surface area contributed by atoms with E-state index in [9.17, 15) is 9.59 Å². The molecule has 1 aromatic heterocycles. The summed E-state index contributed by atoms with van der Waals surface area (Å²) in [6, 6.07) is 18.1. The molecule has 4 aromatic rings. The molecule has 7 nitrogen and oxygen atoms in total. The number of carbonyl (C=O) groups is 2. The number of hydrogen-bond donors (Lipinski definition) is 1. The van der Waals surface area contributed by atoms with Gasteiger partial charge in [0.25, 0.3) is 5.91 Å². The van der Waals surface area contributed by atoms with E-state index in [1.54, 1.807) is 12.1 Å². The molecule has 2 heterocycles.